The maximum absolute atomic E-state index is 11.4. The van der Waals surface area contributed by atoms with Crippen LogP contribution in [0.4, 0.5) is 5.82 Å². The molecular weight excluding hydrogens is 254 g/mol. The zero-order chi connectivity index (χ0) is 15.0. The predicted molar refractivity (Wildman–Crippen MR) is 80.0 cm³/mol. The number of aromatic nitrogens is 2. The molecule has 1 aliphatic rings. The van der Waals surface area contributed by atoms with Gasteiger partial charge in [0.15, 0.2) is 5.69 Å². The van der Waals surface area contributed by atoms with E-state index >= 15 is 0 Å². The fraction of sp³-hybridized carbons (Fsp3) is 0.667. The van der Waals surface area contributed by atoms with Crippen LogP contribution in [0.2, 0.25) is 0 Å². The minimum absolute atomic E-state index is 0.310. The van der Waals surface area contributed by atoms with E-state index in [0.29, 0.717) is 11.7 Å². The van der Waals surface area contributed by atoms with Crippen LogP contribution < -0.4 is 4.90 Å². The van der Waals surface area contributed by atoms with Gasteiger partial charge in [-0.15, -0.1) is 0 Å². The first-order valence-electron chi connectivity index (χ1n) is 7.35. The molecular formula is C15H25N3O2. The van der Waals surface area contributed by atoms with Gasteiger partial charge in [-0.3, -0.25) is 0 Å². The SMILES string of the molecule is CC.COC(=O)c1cc(N(C)C2CCCCC2)ncn1. The summed E-state index contributed by atoms with van der Waals surface area (Å²) in [5.41, 5.74) is 0.310. The lowest BCUT2D eigenvalue weighted by Crippen LogP contribution is -2.34. The van der Waals surface area contributed by atoms with Crippen LogP contribution in [0.5, 0.6) is 0 Å². The minimum atomic E-state index is -0.421. The highest BCUT2D eigenvalue weighted by Crippen LogP contribution is 2.24. The molecule has 0 amide bonds. The van der Waals surface area contributed by atoms with E-state index in [0.717, 1.165) is 5.82 Å². The quantitative estimate of drug-likeness (QED) is 0.796. The zero-order valence-electron chi connectivity index (χ0n) is 12.9. The van der Waals surface area contributed by atoms with Crippen molar-refractivity contribution in [2.45, 2.75) is 52.0 Å². The van der Waals surface area contributed by atoms with Gasteiger partial charge < -0.3 is 9.64 Å². The third-order valence-corrected chi connectivity index (χ3v) is 3.53. The van der Waals surface area contributed by atoms with Crippen LogP contribution in [0.15, 0.2) is 12.4 Å². The van der Waals surface area contributed by atoms with Crippen molar-refractivity contribution in [2.75, 3.05) is 19.1 Å². The highest BCUT2D eigenvalue weighted by atomic mass is 16.5. The summed E-state index contributed by atoms with van der Waals surface area (Å²) in [5.74, 6) is 0.369. The van der Waals surface area contributed by atoms with Crippen molar-refractivity contribution in [3.8, 4) is 0 Å². The number of anilines is 1. The molecule has 0 spiro atoms. The Balaban J connectivity index is 0.000000956. The number of esters is 1. The molecule has 0 unspecified atom stereocenters. The minimum Gasteiger partial charge on any atom is -0.464 e. The molecule has 0 saturated heterocycles. The van der Waals surface area contributed by atoms with E-state index in [1.165, 1.54) is 45.5 Å². The molecule has 1 aromatic rings. The lowest BCUT2D eigenvalue weighted by molar-refractivity contribution is 0.0594. The first-order chi connectivity index (χ1) is 9.72. The van der Waals surface area contributed by atoms with Gasteiger partial charge >= 0.3 is 5.97 Å². The van der Waals surface area contributed by atoms with Crippen LogP contribution in [-0.4, -0.2) is 36.1 Å². The number of hydrogen-bond donors (Lipinski definition) is 0. The third kappa shape index (κ3) is 4.18. The molecule has 0 bridgehead atoms. The molecule has 0 aliphatic heterocycles. The molecule has 0 aromatic carbocycles. The monoisotopic (exact) mass is 279 g/mol. The van der Waals surface area contributed by atoms with E-state index in [-0.39, 0.29) is 0 Å². The number of hydrogen-bond acceptors (Lipinski definition) is 5. The Bertz CT molecular complexity index is 417. The summed E-state index contributed by atoms with van der Waals surface area (Å²) in [6.07, 6.45) is 7.65. The van der Waals surface area contributed by atoms with Crippen LogP contribution in [0, 0.1) is 0 Å². The van der Waals surface area contributed by atoms with E-state index in [9.17, 15) is 4.79 Å². The molecule has 1 heterocycles. The van der Waals surface area contributed by atoms with E-state index in [4.69, 9.17) is 0 Å². The summed E-state index contributed by atoms with van der Waals surface area (Å²) in [5, 5.41) is 0. The van der Waals surface area contributed by atoms with Gasteiger partial charge in [-0.05, 0) is 12.8 Å². The molecule has 5 nitrogen and oxygen atoms in total. The number of rotatable bonds is 3. The fourth-order valence-electron chi connectivity index (χ4n) is 2.41. The van der Waals surface area contributed by atoms with Gasteiger partial charge in [0.25, 0.3) is 0 Å². The summed E-state index contributed by atoms with van der Waals surface area (Å²) < 4.78 is 4.67. The Kier molecular flexibility index (Phi) is 6.98. The van der Waals surface area contributed by atoms with Gasteiger partial charge in [-0.1, -0.05) is 33.1 Å². The summed E-state index contributed by atoms with van der Waals surface area (Å²) in [4.78, 5) is 21.7. The number of methoxy groups -OCH3 is 1. The Labute approximate surface area is 121 Å². The van der Waals surface area contributed by atoms with Crippen LogP contribution >= 0.6 is 0 Å². The lowest BCUT2D eigenvalue weighted by Gasteiger charge is -2.32. The number of carbonyl (C=O) groups excluding carboxylic acids is 1. The van der Waals surface area contributed by atoms with Gasteiger partial charge in [0, 0.05) is 19.2 Å². The molecule has 20 heavy (non-hydrogen) atoms. The summed E-state index contributed by atoms with van der Waals surface area (Å²) in [6.45, 7) is 4.00. The molecule has 1 aromatic heterocycles. The Morgan fingerprint density at radius 3 is 2.50 bits per heavy atom. The molecule has 0 atom stereocenters. The van der Waals surface area contributed by atoms with E-state index in [1.807, 2.05) is 20.9 Å². The Morgan fingerprint density at radius 1 is 1.25 bits per heavy atom. The first kappa shape index (κ1) is 16.4. The van der Waals surface area contributed by atoms with Crippen molar-refractivity contribution < 1.29 is 9.53 Å². The third-order valence-electron chi connectivity index (χ3n) is 3.53. The van der Waals surface area contributed by atoms with Gasteiger partial charge in [0.1, 0.15) is 12.1 Å². The molecule has 2 rings (SSSR count). The number of ether oxygens (including phenoxy) is 1. The highest BCUT2D eigenvalue weighted by Gasteiger charge is 2.20. The van der Waals surface area contributed by atoms with Crippen molar-refractivity contribution in [1.29, 1.82) is 0 Å². The van der Waals surface area contributed by atoms with Gasteiger partial charge in [0.2, 0.25) is 0 Å². The average molecular weight is 279 g/mol. The number of carbonyl (C=O) groups is 1. The second-order valence-electron chi connectivity index (χ2n) is 4.66. The van der Waals surface area contributed by atoms with Crippen LogP contribution in [0.3, 0.4) is 0 Å². The molecule has 1 saturated carbocycles. The lowest BCUT2D eigenvalue weighted by atomic mass is 9.94. The van der Waals surface area contributed by atoms with E-state index < -0.39 is 5.97 Å². The van der Waals surface area contributed by atoms with Crippen molar-refractivity contribution >= 4 is 11.8 Å². The first-order valence-corrected chi connectivity index (χ1v) is 7.35. The maximum atomic E-state index is 11.4. The predicted octanol–water partition coefficient (Wildman–Crippen LogP) is 3.06. The molecule has 0 N–H and O–H groups in total. The van der Waals surface area contributed by atoms with Crippen LogP contribution in [0.1, 0.15) is 56.4 Å². The van der Waals surface area contributed by atoms with E-state index in [2.05, 4.69) is 19.6 Å². The largest absolute Gasteiger partial charge is 0.464 e. The molecule has 1 fully saturated rings. The normalized spacial score (nSPS) is 15.0. The maximum Gasteiger partial charge on any atom is 0.356 e. The Hall–Kier alpha value is -1.65. The smallest absolute Gasteiger partial charge is 0.356 e. The fourth-order valence-corrected chi connectivity index (χ4v) is 2.41. The Morgan fingerprint density at radius 2 is 1.90 bits per heavy atom. The summed E-state index contributed by atoms with van der Waals surface area (Å²) in [7, 11) is 3.38. The van der Waals surface area contributed by atoms with Crippen molar-refractivity contribution in [1.82, 2.24) is 9.97 Å². The summed E-state index contributed by atoms with van der Waals surface area (Å²) >= 11 is 0. The van der Waals surface area contributed by atoms with Gasteiger partial charge in [-0.25, -0.2) is 14.8 Å². The standard InChI is InChI=1S/C13H19N3O2.C2H6/c1-16(10-6-4-3-5-7-10)12-8-11(13(17)18-2)14-9-15-12;1-2/h8-10H,3-7H2,1-2H3;1-2H3. The summed E-state index contributed by atoms with van der Waals surface area (Å²) in [6, 6.07) is 2.21. The van der Waals surface area contributed by atoms with Gasteiger partial charge in [-0.2, -0.15) is 0 Å². The van der Waals surface area contributed by atoms with Crippen molar-refractivity contribution in [3.63, 3.8) is 0 Å². The molecule has 5 heteroatoms. The number of nitrogens with zero attached hydrogens (tertiary/aromatic N) is 3. The zero-order valence-corrected chi connectivity index (χ0v) is 12.9. The molecule has 0 radical (unpaired) electrons. The topological polar surface area (TPSA) is 55.3 Å². The second-order valence-corrected chi connectivity index (χ2v) is 4.66. The van der Waals surface area contributed by atoms with E-state index in [1.54, 1.807) is 6.07 Å². The van der Waals surface area contributed by atoms with Crippen molar-refractivity contribution in [2.24, 2.45) is 0 Å². The van der Waals surface area contributed by atoms with Crippen LogP contribution in [-0.2, 0) is 4.74 Å². The van der Waals surface area contributed by atoms with Crippen molar-refractivity contribution in [3.05, 3.63) is 18.1 Å². The highest BCUT2D eigenvalue weighted by molar-refractivity contribution is 5.87. The second kappa shape index (κ2) is 8.51. The van der Waals surface area contributed by atoms with Crippen LogP contribution in [0.25, 0.3) is 0 Å². The average Bonchev–Trinajstić information content (AvgIpc) is 2.56. The molecule has 112 valence electrons. The van der Waals surface area contributed by atoms with Gasteiger partial charge in [0.05, 0.1) is 7.11 Å². The molecule has 1 aliphatic carbocycles.